The molecule has 0 spiro atoms. The van der Waals surface area contributed by atoms with Crippen LogP contribution in [0.25, 0.3) is 0 Å². The van der Waals surface area contributed by atoms with Gasteiger partial charge >= 0.3 is 13.1 Å². The molecule has 10 nitrogen and oxygen atoms in total. The number of rotatable bonds is 11. The van der Waals surface area contributed by atoms with E-state index in [9.17, 15) is 19.5 Å². The summed E-state index contributed by atoms with van der Waals surface area (Å²) in [4.78, 5) is 39.6. The molecule has 1 aliphatic rings. The number of amides is 2. The lowest BCUT2D eigenvalue weighted by Crippen LogP contribution is -2.48. The van der Waals surface area contributed by atoms with Crippen molar-refractivity contribution in [3.8, 4) is 11.5 Å². The number of hydrogen-bond acceptors (Lipinski definition) is 8. The fraction of sp³-hybridized carbons (Fsp3) is 0.364. The van der Waals surface area contributed by atoms with Crippen molar-refractivity contribution in [2.75, 3.05) is 14.2 Å². The van der Waals surface area contributed by atoms with Crippen molar-refractivity contribution in [2.45, 2.75) is 63.8 Å². The molecule has 0 radical (unpaired) electrons. The van der Waals surface area contributed by atoms with Crippen molar-refractivity contribution >= 4 is 30.4 Å². The van der Waals surface area contributed by atoms with Gasteiger partial charge in [-0.3, -0.25) is 9.59 Å². The normalized spacial score (nSPS) is 16.5. The standard InChI is InChI=1S/C33H39BN2O8/c1-32(2)33(3,4)44-34(43-32)25-18-22(14-17-27(25)41-5)20-28(38)36-29(23-10-8-7-9-11-23)30(39)35-26(31(40)42-6)19-21-12-15-24(37)16-13-21/h7-18,26,29,37H,19-20H2,1-6H3,(H,35,39)(H,36,38)/t26-,29+/m0/s1. The molecule has 2 amide bonds. The first-order chi connectivity index (χ1) is 20.8. The van der Waals surface area contributed by atoms with Gasteiger partial charge in [-0.25, -0.2) is 4.79 Å². The minimum atomic E-state index is -1.09. The van der Waals surface area contributed by atoms with Gasteiger partial charge in [0.2, 0.25) is 11.8 Å². The van der Waals surface area contributed by atoms with Crippen LogP contribution in [0.3, 0.4) is 0 Å². The molecule has 0 saturated carbocycles. The lowest BCUT2D eigenvalue weighted by atomic mass is 9.77. The summed E-state index contributed by atoms with van der Waals surface area (Å²) in [6, 6.07) is 18.3. The van der Waals surface area contributed by atoms with Crippen LogP contribution in [0.5, 0.6) is 11.5 Å². The molecule has 1 saturated heterocycles. The highest BCUT2D eigenvalue weighted by Crippen LogP contribution is 2.37. The Balaban J connectivity index is 1.53. The van der Waals surface area contributed by atoms with E-state index >= 15 is 0 Å². The Kier molecular flexibility index (Phi) is 10.0. The van der Waals surface area contributed by atoms with Crippen LogP contribution in [-0.4, -0.2) is 61.5 Å². The van der Waals surface area contributed by atoms with E-state index < -0.39 is 48.2 Å². The number of carbonyl (C=O) groups excluding carboxylic acids is 3. The zero-order valence-electron chi connectivity index (χ0n) is 25.9. The Morgan fingerprint density at radius 3 is 2.07 bits per heavy atom. The zero-order valence-corrected chi connectivity index (χ0v) is 25.9. The summed E-state index contributed by atoms with van der Waals surface area (Å²) in [7, 11) is 2.11. The summed E-state index contributed by atoms with van der Waals surface area (Å²) in [5.41, 5.74) is 1.45. The van der Waals surface area contributed by atoms with E-state index in [2.05, 4.69) is 10.6 Å². The molecule has 1 heterocycles. The third kappa shape index (κ3) is 7.59. The Bertz CT molecular complexity index is 1460. The molecule has 11 heteroatoms. The van der Waals surface area contributed by atoms with Gasteiger partial charge in [0.15, 0.2) is 0 Å². The second-order valence-electron chi connectivity index (χ2n) is 11.7. The monoisotopic (exact) mass is 602 g/mol. The van der Waals surface area contributed by atoms with Gasteiger partial charge in [0.05, 0.1) is 31.8 Å². The molecule has 1 aliphatic heterocycles. The fourth-order valence-electron chi connectivity index (χ4n) is 4.85. The van der Waals surface area contributed by atoms with Crippen molar-refractivity contribution in [2.24, 2.45) is 0 Å². The van der Waals surface area contributed by atoms with E-state index in [1.807, 2.05) is 33.8 Å². The van der Waals surface area contributed by atoms with Crippen LogP contribution in [0.2, 0.25) is 0 Å². The number of aromatic hydroxyl groups is 1. The third-order valence-corrected chi connectivity index (χ3v) is 8.04. The molecule has 3 aromatic rings. The van der Waals surface area contributed by atoms with Crippen molar-refractivity contribution in [3.05, 3.63) is 89.5 Å². The molecule has 3 N–H and O–H groups in total. The maximum Gasteiger partial charge on any atom is 0.498 e. The Morgan fingerprint density at radius 2 is 1.48 bits per heavy atom. The molecular formula is C33H39BN2O8. The van der Waals surface area contributed by atoms with Crippen LogP contribution in [-0.2, 0) is 41.3 Å². The maximum absolute atomic E-state index is 13.6. The molecule has 0 unspecified atom stereocenters. The van der Waals surface area contributed by atoms with Gasteiger partial charge in [0, 0.05) is 11.9 Å². The minimum absolute atomic E-state index is 0.0406. The molecule has 0 aliphatic carbocycles. The second-order valence-corrected chi connectivity index (χ2v) is 11.7. The van der Waals surface area contributed by atoms with Gasteiger partial charge in [-0.05, 0) is 62.6 Å². The van der Waals surface area contributed by atoms with Crippen LogP contribution in [0, 0.1) is 0 Å². The molecule has 2 atom stereocenters. The first kappa shape index (κ1) is 32.6. The molecule has 4 rings (SSSR count). The Hall–Kier alpha value is -4.35. The largest absolute Gasteiger partial charge is 0.508 e. The van der Waals surface area contributed by atoms with Crippen LogP contribution in [0.15, 0.2) is 72.8 Å². The molecule has 232 valence electrons. The van der Waals surface area contributed by atoms with E-state index in [0.717, 1.165) is 0 Å². The molecule has 0 aromatic heterocycles. The molecule has 1 fully saturated rings. The van der Waals surface area contributed by atoms with Gasteiger partial charge in [-0.1, -0.05) is 54.6 Å². The van der Waals surface area contributed by atoms with Gasteiger partial charge in [0.25, 0.3) is 0 Å². The number of esters is 1. The van der Waals surface area contributed by atoms with Crippen molar-refractivity contribution in [1.29, 1.82) is 0 Å². The van der Waals surface area contributed by atoms with E-state index in [4.69, 9.17) is 18.8 Å². The van der Waals surface area contributed by atoms with Gasteiger partial charge in [0.1, 0.15) is 23.6 Å². The smallest absolute Gasteiger partial charge is 0.498 e. The van der Waals surface area contributed by atoms with Crippen LogP contribution in [0.4, 0.5) is 0 Å². The predicted octanol–water partition coefficient (Wildman–Crippen LogP) is 3.00. The van der Waals surface area contributed by atoms with Crippen LogP contribution < -0.4 is 20.8 Å². The quantitative estimate of drug-likeness (QED) is 0.226. The van der Waals surface area contributed by atoms with Gasteiger partial charge in [-0.15, -0.1) is 0 Å². The average Bonchev–Trinajstić information content (AvgIpc) is 3.22. The number of ether oxygens (including phenoxy) is 2. The average molecular weight is 602 g/mol. The number of nitrogens with one attached hydrogen (secondary N) is 2. The van der Waals surface area contributed by atoms with Crippen molar-refractivity contribution in [3.63, 3.8) is 0 Å². The van der Waals surface area contributed by atoms with E-state index in [0.29, 0.717) is 27.9 Å². The first-order valence-corrected chi connectivity index (χ1v) is 14.4. The summed E-state index contributed by atoms with van der Waals surface area (Å²) in [5.74, 6) is -0.979. The number of phenols is 1. The fourth-order valence-corrected chi connectivity index (χ4v) is 4.85. The molecular weight excluding hydrogens is 563 g/mol. The SMILES string of the molecule is COC(=O)[C@H](Cc1ccc(O)cc1)NC(=O)[C@H](NC(=O)Cc1ccc(OC)c(B2OC(C)(C)C(C)(C)O2)c1)c1ccccc1. The first-order valence-electron chi connectivity index (χ1n) is 14.4. The van der Waals surface area contributed by atoms with Crippen LogP contribution in [0.1, 0.15) is 50.4 Å². The van der Waals surface area contributed by atoms with E-state index in [1.54, 1.807) is 61.7 Å². The molecule has 3 aromatic carbocycles. The zero-order chi connectivity index (χ0) is 32.1. The lowest BCUT2D eigenvalue weighted by Gasteiger charge is -2.32. The summed E-state index contributed by atoms with van der Waals surface area (Å²) in [6.45, 7) is 7.84. The number of carbonyl (C=O) groups is 3. The second kappa shape index (κ2) is 13.5. The third-order valence-electron chi connectivity index (χ3n) is 8.04. The highest BCUT2D eigenvalue weighted by atomic mass is 16.7. The minimum Gasteiger partial charge on any atom is -0.508 e. The number of methoxy groups -OCH3 is 2. The van der Waals surface area contributed by atoms with Crippen molar-refractivity contribution < 1.29 is 38.3 Å². The number of benzene rings is 3. The summed E-state index contributed by atoms with van der Waals surface area (Å²) >= 11 is 0. The lowest BCUT2D eigenvalue weighted by molar-refractivity contribution is -0.145. The predicted molar refractivity (Wildman–Crippen MR) is 165 cm³/mol. The Labute approximate surface area is 258 Å². The maximum atomic E-state index is 13.6. The number of hydrogen-bond donors (Lipinski definition) is 3. The highest BCUT2D eigenvalue weighted by Gasteiger charge is 2.52. The number of phenolic OH excluding ortho intramolecular Hbond substituents is 1. The summed E-state index contributed by atoms with van der Waals surface area (Å²) in [6.07, 6.45) is 0.0861. The summed E-state index contributed by atoms with van der Waals surface area (Å²) < 4.78 is 22.9. The van der Waals surface area contributed by atoms with Gasteiger partial charge in [-0.2, -0.15) is 0 Å². The molecule has 44 heavy (non-hydrogen) atoms. The highest BCUT2D eigenvalue weighted by molar-refractivity contribution is 6.63. The summed E-state index contributed by atoms with van der Waals surface area (Å²) in [5, 5.41) is 15.2. The Morgan fingerprint density at radius 1 is 0.864 bits per heavy atom. The van der Waals surface area contributed by atoms with Crippen LogP contribution >= 0.6 is 0 Å². The van der Waals surface area contributed by atoms with Crippen molar-refractivity contribution in [1.82, 2.24) is 10.6 Å². The van der Waals surface area contributed by atoms with E-state index in [1.165, 1.54) is 19.2 Å². The topological polar surface area (TPSA) is 132 Å². The van der Waals surface area contributed by atoms with E-state index in [-0.39, 0.29) is 18.6 Å². The van der Waals surface area contributed by atoms with Gasteiger partial charge < -0.3 is 34.5 Å². The molecule has 0 bridgehead atoms.